The zero-order chi connectivity index (χ0) is 41.4. The normalized spacial score (nSPS) is 11.6. The number of benzene rings is 8. The molecule has 5 nitrogen and oxygen atoms in total. The van der Waals surface area contributed by atoms with Crippen LogP contribution in [-0.4, -0.2) is 58.8 Å². The Bertz CT molecular complexity index is 3520. The van der Waals surface area contributed by atoms with Crippen LogP contribution in [-0.2, 0) is 0 Å². The van der Waals surface area contributed by atoms with Crippen molar-refractivity contribution in [2.75, 3.05) is 0 Å². The van der Waals surface area contributed by atoms with E-state index in [1.807, 2.05) is 84.9 Å². The van der Waals surface area contributed by atoms with E-state index >= 15 is 0 Å². The highest BCUT2D eigenvalue weighted by molar-refractivity contribution is 6.68. The summed E-state index contributed by atoms with van der Waals surface area (Å²) in [6.07, 6.45) is 0. The first-order valence-electron chi connectivity index (χ1n) is 19.8. The Balaban J connectivity index is 1.07. The second-order valence-electron chi connectivity index (χ2n) is 15.1. The molecule has 0 unspecified atom stereocenters. The summed E-state index contributed by atoms with van der Waals surface area (Å²) in [7, 11) is 31.6. The second-order valence-corrected chi connectivity index (χ2v) is 15.1. The molecule has 61 heavy (non-hydrogen) atoms. The average molecular weight is 766 g/mol. The first-order chi connectivity index (χ1) is 29.8. The fourth-order valence-corrected chi connectivity index (χ4v) is 8.53. The maximum atomic E-state index is 6.51. The SMILES string of the molecule is [B]c1c([B])c([B])c(-c2cccc(-c3nc(-c4ccccc4)nc(-c4ccc5oc6cccc(-c7ccc8c(c7)c7ccccc7n8-c7ccccc7)c6c5c4)n3)c2)c([B])c1[B]. The van der Waals surface area contributed by atoms with Crippen LogP contribution in [0.4, 0.5) is 0 Å². The predicted octanol–water partition coefficient (Wildman–Crippen LogP) is 7.17. The number of rotatable bonds is 6. The average Bonchev–Trinajstić information content (AvgIpc) is 3.86. The highest BCUT2D eigenvalue weighted by atomic mass is 16.3. The molecule has 0 aliphatic heterocycles. The lowest BCUT2D eigenvalue weighted by atomic mass is 9.59. The third-order valence-corrected chi connectivity index (χ3v) is 11.5. The maximum Gasteiger partial charge on any atom is 0.164 e. The summed E-state index contributed by atoms with van der Waals surface area (Å²) < 4.78 is 8.83. The quantitative estimate of drug-likeness (QED) is 0.169. The monoisotopic (exact) mass is 766 g/mol. The Morgan fingerprint density at radius 1 is 0.377 bits per heavy atom. The molecule has 10 radical (unpaired) electrons. The van der Waals surface area contributed by atoms with Crippen molar-refractivity contribution >= 4 is 110 Å². The summed E-state index contributed by atoms with van der Waals surface area (Å²) in [5, 5.41) is 4.32. The van der Waals surface area contributed by atoms with Gasteiger partial charge in [0, 0.05) is 43.9 Å². The van der Waals surface area contributed by atoms with Crippen molar-refractivity contribution in [3.8, 4) is 62.1 Å². The van der Waals surface area contributed by atoms with Gasteiger partial charge in [0.15, 0.2) is 17.5 Å². The number of nitrogens with zero attached hydrogens (tertiary/aromatic N) is 4. The molecule has 11 aromatic rings. The topological polar surface area (TPSA) is 56.7 Å². The summed E-state index contributed by atoms with van der Waals surface area (Å²) in [6.45, 7) is 0. The minimum Gasteiger partial charge on any atom is -0.456 e. The van der Waals surface area contributed by atoms with E-state index in [-0.39, 0.29) is 27.3 Å². The van der Waals surface area contributed by atoms with Gasteiger partial charge in [0.2, 0.25) is 0 Å². The lowest BCUT2D eigenvalue weighted by Gasteiger charge is -2.21. The van der Waals surface area contributed by atoms with E-state index in [9.17, 15) is 0 Å². The van der Waals surface area contributed by atoms with E-state index < -0.39 is 0 Å². The number of hydrogen-bond donors (Lipinski definition) is 0. The van der Waals surface area contributed by atoms with Gasteiger partial charge < -0.3 is 8.98 Å². The highest BCUT2D eigenvalue weighted by Gasteiger charge is 2.20. The maximum absolute atomic E-state index is 6.51. The molecule has 10 heteroatoms. The van der Waals surface area contributed by atoms with Crippen molar-refractivity contribution in [2.24, 2.45) is 0 Å². The van der Waals surface area contributed by atoms with Crippen molar-refractivity contribution in [2.45, 2.75) is 0 Å². The number of fused-ring (bicyclic) bond motifs is 6. The minimum atomic E-state index is 0.159. The molecule has 0 aliphatic carbocycles. The minimum absolute atomic E-state index is 0.159. The van der Waals surface area contributed by atoms with Crippen LogP contribution in [0, 0.1) is 0 Å². The molecule has 0 N–H and O–H groups in total. The van der Waals surface area contributed by atoms with Gasteiger partial charge >= 0.3 is 0 Å². The molecule has 11 rings (SSSR count). The van der Waals surface area contributed by atoms with E-state index in [0.29, 0.717) is 34.2 Å². The number of aromatic nitrogens is 4. The summed E-state index contributed by atoms with van der Waals surface area (Å²) >= 11 is 0. The van der Waals surface area contributed by atoms with Gasteiger partial charge in [-0.15, -0.1) is 16.4 Å². The van der Waals surface area contributed by atoms with Gasteiger partial charge in [0.25, 0.3) is 0 Å². The Hall–Kier alpha value is -7.31. The Morgan fingerprint density at radius 2 is 0.934 bits per heavy atom. The number of para-hydroxylation sites is 2. The van der Waals surface area contributed by atoms with Gasteiger partial charge in [-0.05, 0) is 82.9 Å². The standard InChI is InChI=1S/C51H27B5N4O/c52-44-42(45(53)47(55)48(56)46(44)54)30-13-9-14-31(25-30)50-57-49(28-11-3-1-4-12-28)58-51(59-50)32-22-24-40-37(27-32)43-34(18-10-20-41(43)61-40)29-21-23-39-36(26-29)35-17-7-8-19-38(35)60(39)33-15-5-2-6-16-33/h1-27H. The van der Waals surface area contributed by atoms with E-state index in [2.05, 4.69) is 83.4 Å². The first kappa shape index (κ1) is 36.8. The first-order valence-corrected chi connectivity index (χ1v) is 19.8. The van der Waals surface area contributed by atoms with Crippen molar-refractivity contribution < 1.29 is 4.42 Å². The summed E-state index contributed by atoms with van der Waals surface area (Å²) in [6, 6.07) is 55.5. The van der Waals surface area contributed by atoms with Crippen LogP contribution in [0.25, 0.3) is 106 Å². The van der Waals surface area contributed by atoms with Gasteiger partial charge in [-0.25, -0.2) is 15.0 Å². The molecule has 0 saturated heterocycles. The summed E-state index contributed by atoms with van der Waals surface area (Å²) in [4.78, 5) is 15.1. The number of furan rings is 1. The molecule has 3 aromatic heterocycles. The van der Waals surface area contributed by atoms with Gasteiger partial charge in [0.05, 0.1) is 11.0 Å². The van der Waals surface area contributed by atoms with Crippen LogP contribution in [0.2, 0.25) is 0 Å². The largest absolute Gasteiger partial charge is 0.456 e. The molecular weight excluding hydrogens is 739 g/mol. The van der Waals surface area contributed by atoms with E-state index in [1.165, 1.54) is 10.8 Å². The van der Waals surface area contributed by atoms with Crippen molar-refractivity contribution in [1.29, 1.82) is 0 Å². The zero-order valence-corrected chi connectivity index (χ0v) is 32.7. The van der Waals surface area contributed by atoms with Crippen LogP contribution in [0.5, 0.6) is 0 Å². The molecular formula is C51H27B5N4O. The fraction of sp³-hybridized carbons (Fsp3) is 0. The molecule has 0 amide bonds. The molecule has 0 saturated carbocycles. The van der Waals surface area contributed by atoms with Crippen LogP contribution in [0.1, 0.15) is 0 Å². The third-order valence-electron chi connectivity index (χ3n) is 11.5. The van der Waals surface area contributed by atoms with E-state index in [1.54, 1.807) is 0 Å². The lowest BCUT2D eigenvalue weighted by Crippen LogP contribution is -2.55. The molecule has 0 aliphatic rings. The van der Waals surface area contributed by atoms with E-state index in [4.69, 9.17) is 58.6 Å². The Morgan fingerprint density at radius 3 is 1.69 bits per heavy atom. The molecule has 272 valence electrons. The lowest BCUT2D eigenvalue weighted by molar-refractivity contribution is 0.669. The van der Waals surface area contributed by atoms with Crippen LogP contribution in [0.15, 0.2) is 168 Å². The van der Waals surface area contributed by atoms with Crippen molar-refractivity contribution in [3.05, 3.63) is 164 Å². The molecule has 8 aromatic carbocycles. The third kappa shape index (κ3) is 6.04. The summed E-state index contributed by atoms with van der Waals surface area (Å²) in [5.41, 5.74) is 11.7. The van der Waals surface area contributed by atoms with Crippen molar-refractivity contribution in [3.63, 3.8) is 0 Å². The Labute approximate surface area is 358 Å². The van der Waals surface area contributed by atoms with Crippen LogP contribution >= 0.6 is 0 Å². The van der Waals surface area contributed by atoms with Crippen LogP contribution < -0.4 is 27.3 Å². The molecule has 0 fully saturated rings. The predicted molar refractivity (Wildman–Crippen MR) is 256 cm³/mol. The fourth-order valence-electron chi connectivity index (χ4n) is 8.53. The summed E-state index contributed by atoms with van der Waals surface area (Å²) in [5.74, 6) is 1.48. The van der Waals surface area contributed by atoms with Gasteiger partial charge in [-0.1, -0.05) is 114 Å². The molecule has 0 bridgehead atoms. The number of hydrogen-bond acceptors (Lipinski definition) is 4. The van der Waals surface area contributed by atoms with Crippen LogP contribution in [0.3, 0.4) is 0 Å². The van der Waals surface area contributed by atoms with Gasteiger partial charge in [-0.3, -0.25) is 0 Å². The smallest absolute Gasteiger partial charge is 0.164 e. The molecule has 0 spiro atoms. The highest BCUT2D eigenvalue weighted by Crippen LogP contribution is 2.41. The van der Waals surface area contributed by atoms with Gasteiger partial charge in [0.1, 0.15) is 50.4 Å². The van der Waals surface area contributed by atoms with Gasteiger partial charge in [-0.2, -0.15) is 0 Å². The zero-order valence-electron chi connectivity index (χ0n) is 32.7. The molecule has 3 heterocycles. The van der Waals surface area contributed by atoms with E-state index in [0.717, 1.165) is 60.9 Å². The molecule has 0 atom stereocenters. The van der Waals surface area contributed by atoms with Crippen molar-refractivity contribution in [1.82, 2.24) is 19.5 Å². The second kappa shape index (κ2) is 14.5. The Kier molecular flexibility index (Phi) is 8.71.